The molecule has 0 saturated heterocycles. The van der Waals surface area contributed by atoms with E-state index in [1.54, 1.807) is 0 Å². The third-order valence-corrected chi connectivity index (χ3v) is 3.10. The summed E-state index contributed by atoms with van der Waals surface area (Å²) in [6.45, 7) is 4.73. The molecule has 0 bridgehead atoms. The molecular formula is C10H21N. The molecule has 0 radical (unpaired) electrons. The molecule has 0 aromatic rings. The maximum absolute atomic E-state index is 3.38. The second-order valence-electron chi connectivity index (χ2n) is 4.29. The summed E-state index contributed by atoms with van der Waals surface area (Å²) in [5.41, 5.74) is 0.655. The van der Waals surface area contributed by atoms with Gasteiger partial charge in [-0.2, -0.15) is 0 Å². The van der Waals surface area contributed by atoms with Crippen LogP contribution in [0.4, 0.5) is 0 Å². The molecule has 2 unspecified atom stereocenters. The van der Waals surface area contributed by atoms with E-state index in [0.717, 1.165) is 6.04 Å². The lowest BCUT2D eigenvalue weighted by molar-refractivity contribution is 0.296. The van der Waals surface area contributed by atoms with Crippen molar-refractivity contribution in [1.29, 1.82) is 0 Å². The average molecular weight is 155 g/mol. The predicted octanol–water partition coefficient (Wildman–Crippen LogP) is 2.56. The topological polar surface area (TPSA) is 12.0 Å². The molecule has 1 saturated carbocycles. The summed E-state index contributed by atoms with van der Waals surface area (Å²) in [5, 5.41) is 3.38. The molecule has 0 aromatic heterocycles. The van der Waals surface area contributed by atoms with E-state index < -0.39 is 0 Å². The van der Waals surface area contributed by atoms with E-state index >= 15 is 0 Å². The summed E-state index contributed by atoms with van der Waals surface area (Å²) in [6, 6.07) is 0.798. The van der Waals surface area contributed by atoms with Gasteiger partial charge >= 0.3 is 0 Å². The standard InChI is InChI=1S/C10H21N/c1-4-6-10(2)7-5-9(8-10)11-3/h9,11H,4-8H2,1-3H3. The van der Waals surface area contributed by atoms with Crippen molar-refractivity contribution in [3.63, 3.8) is 0 Å². The monoisotopic (exact) mass is 155 g/mol. The molecule has 0 aromatic carbocycles. The van der Waals surface area contributed by atoms with Crippen molar-refractivity contribution in [2.75, 3.05) is 7.05 Å². The van der Waals surface area contributed by atoms with Crippen LogP contribution >= 0.6 is 0 Å². The van der Waals surface area contributed by atoms with E-state index in [1.807, 2.05) is 0 Å². The summed E-state index contributed by atoms with van der Waals surface area (Å²) < 4.78 is 0. The molecule has 0 amide bonds. The molecular weight excluding hydrogens is 134 g/mol. The van der Waals surface area contributed by atoms with Crippen LogP contribution in [-0.4, -0.2) is 13.1 Å². The van der Waals surface area contributed by atoms with Crippen molar-refractivity contribution < 1.29 is 0 Å². The molecule has 1 rings (SSSR count). The average Bonchev–Trinajstić information content (AvgIpc) is 2.33. The fourth-order valence-corrected chi connectivity index (χ4v) is 2.40. The summed E-state index contributed by atoms with van der Waals surface area (Å²) in [7, 11) is 2.09. The maximum atomic E-state index is 3.38. The first-order chi connectivity index (χ1) is 5.20. The quantitative estimate of drug-likeness (QED) is 0.660. The number of hydrogen-bond donors (Lipinski definition) is 1. The zero-order valence-electron chi connectivity index (χ0n) is 8.11. The van der Waals surface area contributed by atoms with Gasteiger partial charge in [-0.05, 0) is 38.1 Å². The van der Waals surface area contributed by atoms with Crippen molar-refractivity contribution in [2.24, 2.45) is 5.41 Å². The minimum absolute atomic E-state index is 0.655. The third-order valence-electron chi connectivity index (χ3n) is 3.10. The first-order valence-corrected chi connectivity index (χ1v) is 4.87. The van der Waals surface area contributed by atoms with Crippen LogP contribution < -0.4 is 5.32 Å². The normalized spacial score (nSPS) is 37.9. The summed E-state index contributed by atoms with van der Waals surface area (Å²) >= 11 is 0. The van der Waals surface area contributed by atoms with Crippen molar-refractivity contribution >= 4 is 0 Å². The molecule has 0 aliphatic heterocycles. The van der Waals surface area contributed by atoms with Gasteiger partial charge in [0.2, 0.25) is 0 Å². The molecule has 11 heavy (non-hydrogen) atoms. The fraction of sp³-hybridized carbons (Fsp3) is 1.00. The summed E-state index contributed by atoms with van der Waals surface area (Å²) in [4.78, 5) is 0. The van der Waals surface area contributed by atoms with Gasteiger partial charge in [-0.1, -0.05) is 20.3 Å². The van der Waals surface area contributed by atoms with Crippen LogP contribution in [0.3, 0.4) is 0 Å². The van der Waals surface area contributed by atoms with Gasteiger partial charge in [0.1, 0.15) is 0 Å². The number of nitrogens with one attached hydrogen (secondary N) is 1. The van der Waals surface area contributed by atoms with E-state index in [4.69, 9.17) is 0 Å². The van der Waals surface area contributed by atoms with Gasteiger partial charge in [0, 0.05) is 6.04 Å². The van der Waals surface area contributed by atoms with Gasteiger partial charge in [0.05, 0.1) is 0 Å². The molecule has 0 heterocycles. The molecule has 1 aliphatic rings. The zero-order chi connectivity index (χ0) is 8.32. The molecule has 1 N–H and O–H groups in total. The van der Waals surface area contributed by atoms with Crippen LogP contribution in [0.5, 0.6) is 0 Å². The second-order valence-corrected chi connectivity index (χ2v) is 4.29. The van der Waals surface area contributed by atoms with Crippen LogP contribution in [0.2, 0.25) is 0 Å². The van der Waals surface area contributed by atoms with E-state index in [0.29, 0.717) is 5.41 Å². The van der Waals surface area contributed by atoms with Crippen LogP contribution in [0.25, 0.3) is 0 Å². The van der Waals surface area contributed by atoms with Gasteiger partial charge in [-0.25, -0.2) is 0 Å². The highest BCUT2D eigenvalue weighted by Gasteiger charge is 2.32. The van der Waals surface area contributed by atoms with E-state index in [2.05, 4.69) is 26.2 Å². The van der Waals surface area contributed by atoms with E-state index in [-0.39, 0.29) is 0 Å². The Labute approximate surface area is 70.6 Å². The van der Waals surface area contributed by atoms with Gasteiger partial charge in [-0.15, -0.1) is 0 Å². The minimum Gasteiger partial charge on any atom is -0.317 e. The lowest BCUT2D eigenvalue weighted by Crippen LogP contribution is -2.23. The smallest absolute Gasteiger partial charge is 0.00694 e. The van der Waals surface area contributed by atoms with Gasteiger partial charge in [-0.3, -0.25) is 0 Å². The Morgan fingerprint density at radius 2 is 2.27 bits per heavy atom. The summed E-state index contributed by atoms with van der Waals surface area (Å²) in [6.07, 6.45) is 6.94. The van der Waals surface area contributed by atoms with Gasteiger partial charge in [0.15, 0.2) is 0 Å². The minimum atomic E-state index is 0.655. The highest BCUT2D eigenvalue weighted by molar-refractivity contribution is 4.88. The van der Waals surface area contributed by atoms with Crippen molar-refractivity contribution in [3.8, 4) is 0 Å². The Bertz CT molecular complexity index is 122. The van der Waals surface area contributed by atoms with E-state index in [9.17, 15) is 0 Å². The molecule has 1 aliphatic carbocycles. The highest BCUT2D eigenvalue weighted by atomic mass is 14.9. The lowest BCUT2D eigenvalue weighted by Gasteiger charge is -2.23. The largest absolute Gasteiger partial charge is 0.317 e. The maximum Gasteiger partial charge on any atom is 0.00694 e. The van der Waals surface area contributed by atoms with E-state index in [1.165, 1.54) is 32.1 Å². The van der Waals surface area contributed by atoms with Crippen LogP contribution in [0, 0.1) is 5.41 Å². The Morgan fingerprint density at radius 3 is 2.73 bits per heavy atom. The number of hydrogen-bond acceptors (Lipinski definition) is 1. The Hall–Kier alpha value is -0.0400. The van der Waals surface area contributed by atoms with Gasteiger partial charge in [0.25, 0.3) is 0 Å². The molecule has 0 spiro atoms. The Morgan fingerprint density at radius 1 is 1.55 bits per heavy atom. The Balaban J connectivity index is 2.37. The predicted molar refractivity (Wildman–Crippen MR) is 49.7 cm³/mol. The SMILES string of the molecule is CCCC1(C)CCC(NC)C1. The molecule has 2 atom stereocenters. The van der Waals surface area contributed by atoms with Gasteiger partial charge < -0.3 is 5.32 Å². The second kappa shape index (κ2) is 3.57. The first-order valence-electron chi connectivity index (χ1n) is 4.87. The molecule has 1 heteroatoms. The zero-order valence-corrected chi connectivity index (χ0v) is 8.11. The van der Waals surface area contributed by atoms with Crippen molar-refractivity contribution in [3.05, 3.63) is 0 Å². The highest BCUT2D eigenvalue weighted by Crippen LogP contribution is 2.41. The van der Waals surface area contributed by atoms with Crippen molar-refractivity contribution in [1.82, 2.24) is 5.32 Å². The lowest BCUT2D eigenvalue weighted by atomic mass is 9.84. The fourth-order valence-electron chi connectivity index (χ4n) is 2.40. The third kappa shape index (κ3) is 2.19. The van der Waals surface area contributed by atoms with Crippen LogP contribution in [0.1, 0.15) is 46.0 Å². The van der Waals surface area contributed by atoms with Crippen LogP contribution in [0.15, 0.2) is 0 Å². The van der Waals surface area contributed by atoms with Crippen LogP contribution in [-0.2, 0) is 0 Å². The molecule has 1 fully saturated rings. The number of rotatable bonds is 3. The van der Waals surface area contributed by atoms with Crippen molar-refractivity contribution in [2.45, 2.75) is 52.0 Å². The Kier molecular flexibility index (Phi) is 2.94. The molecule has 1 nitrogen and oxygen atoms in total. The summed E-state index contributed by atoms with van der Waals surface area (Å²) in [5.74, 6) is 0. The molecule has 66 valence electrons. The first kappa shape index (κ1) is 9.05.